The molecule has 58 valence electrons. The van der Waals surface area contributed by atoms with E-state index in [1.54, 1.807) is 0 Å². The van der Waals surface area contributed by atoms with Gasteiger partial charge in [0.05, 0.1) is 10.7 Å². The highest BCUT2D eigenvalue weighted by molar-refractivity contribution is 6.33. The molecular weight excluding hydrogens is 164 g/mol. The van der Waals surface area contributed by atoms with Crippen molar-refractivity contribution >= 4 is 23.2 Å². The van der Waals surface area contributed by atoms with E-state index >= 15 is 0 Å². The first-order valence-corrected chi connectivity index (χ1v) is 3.30. The van der Waals surface area contributed by atoms with Crippen molar-refractivity contribution in [3.8, 4) is 0 Å². The fourth-order valence-corrected chi connectivity index (χ4v) is 0.849. The molecule has 1 aromatic carbocycles. The summed E-state index contributed by atoms with van der Waals surface area (Å²) in [5.41, 5.74) is 6.05. The van der Waals surface area contributed by atoms with Crippen molar-refractivity contribution < 1.29 is 5.11 Å². The molecule has 3 N–H and O–H groups in total. The third-order valence-corrected chi connectivity index (χ3v) is 1.59. The molecule has 0 heterocycles. The SMILES string of the molecule is N=C([O-])c1ccc(N)c(Cl)c1. The van der Waals surface area contributed by atoms with Gasteiger partial charge in [-0.05, 0) is 23.6 Å². The second-order valence-electron chi connectivity index (χ2n) is 2.07. The lowest BCUT2D eigenvalue weighted by molar-refractivity contribution is -0.214. The molecule has 0 aliphatic rings. The summed E-state index contributed by atoms with van der Waals surface area (Å²) in [5, 5.41) is 17.5. The van der Waals surface area contributed by atoms with Crippen molar-refractivity contribution in [1.29, 1.82) is 5.41 Å². The zero-order chi connectivity index (χ0) is 8.43. The van der Waals surface area contributed by atoms with E-state index in [4.69, 9.17) is 22.7 Å². The first kappa shape index (κ1) is 7.88. The smallest absolute Gasteiger partial charge is 0.0641 e. The van der Waals surface area contributed by atoms with Crippen molar-refractivity contribution in [3.05, 3.63) is 28.8 Å². The summed E-state index contributed by atoms with van der Waals surface area (Å²) in [4.78, 5) is 0. The molecule has 1 aromatic rings. The van der Waals surface area contributed by atoms with E-state index in [1.165, 1.54) is 18.2 Å². The van der Waals surface area contributed by atoms with Gasteiger partial charge in [-0.1, -0.05) is 17.7 Å². The van der Waals surface area contributed by atoms with Gasteiger partial charge in [0, 0.05) is 0 Å². The minimum atomic E-state index is -0.758. The Labute approximate surface area is 68.9 Å². The van der Waals surface area contributed by atoms with Gasteiger partial charge in [-0.25, -0.2) is 0 Å². The van der Waals surface area contributed by atoms with Crippen molar-refractivity contribution in [2.45, 2.75) is 0 Å². The van der Waals surface area contributed by atoms with Gasteiger partial charge >= 0.3 is 0 Å². The molecule has 3 nitrogen and oxygen atoms in total. The second kappa shape index (κ2) is 2.80. The quantitative estimate of drug-likeness (QED) is 0.367. The Morgan fingerprint density at radius 1 is 1.55 bits per heavy atom. The van der Waals surface area contributed by atoms with Crippen LogP contribution in [-0.4, -0.2) is 5.90 Å². The Bertz CT molecular complexity index is 298. The maximum absolute atomic E-state index is 10.5. The van der Waals surface area contributed by atoms with Crippen LogP contribution in [0.2, 0.25) is 5.02 Å². The summed E-state index contributed by atoms with van der Waals surface area (Å²) in [6.07, 6.45) is 0. The van der Waals surface area contributed by atoms with Crippen LogP contribution in [0.25, 0.3) is 0 Å². The average Bonchev–Trinajstić information content (AvgIpc) is 1.94. The molecule has 0 radical (unpaired) electrons. The maximum atomic E-state index is 10.5. The number of hydrogen-bond donors (Lipinski definition) is 2. The van der Waals surface area contributed by atoms with Crippen LogP contribution in [0.3, 0.4) is 0 Å². The number of rotatable bonds is 1. The first-order chi connectivity index (χ1) is 5.11. The van der Waals surface area contributed by atoms with Crippen molar-refractivity contribution in [3.63, 3.8) is 0 Å². The summed E-state index contributed by atoms with van der Waals surface area (Å²) in [7, 11) is 0. The molecule has 0 unspecified atom stereocenters. The van der Waals surface area contributed by atoms with Gasteiger partial charge in [-0.3, -0.25) is 0 Å². The second-order valence-corrected chi connectivity index (χ2v) is 2.47. The minimum absolute atomic E-state index is 0.254. The summed E-state index contributed by atoms with van der Waals surface area (Å²) >= 11 is 5.60. The van der Waals surface area contributed by atoms with Crippen LogP contribution in [0.4, 0.5) is 5.69 Å². The topological polar surface area (TPSA) is 72.9 Å². The van der Waals surface area contributed by atoms with Crippen molar-refractivity contribution in [2.75, 3.05) is 5.73 Å². The lowest BCUT2D eigenvalue weighted by Gasteiger charge is -2.07. The Balaban J connectivity index is 3.15. The fourth-order valence-electron chi connectivity index (χ4n) is 0.668. The van der Waals surface area contributed by atoms with Crippen molar-refractivity contribution in [1.82, 2.24) is 0 Å². The number of hydrogen-bond acceptors (Lipinski definition) is 3. The lowest BCUT2D eigenvalue weighted by Crippen LogP contribution is -2.16. The molecule has 0 aromatic heterocycles. The van der Waals surface area contributed by atoms with Crippen LogP contribution in [0, 0.1) is 5.41 Å². The largest absolute Gasteiger partial charge is 0.859 e. The number of nitrogen functional groups attached to an aromatic ring is 1. The number of nitrogens with two attached hydrogens (primary N) is 1. The molecule has 0 spiro atoms. The number of anilines is 1. The Morgan fingerprint density at radius 2 is 2.18 bits per heavy atom. The van der Waals surface area contributed by atoms with E-state index in [1.807, 2.05) is 0 Å². The maximum Gasteiger partial charge on any atom is 0.0641 e. The predicted molar refractivity (Wildman–Crippen MR) is 42.7 cm³/mol. The lowest BCUT2D eigenvalue weighted by atomic mass is 10.2. The van der Waals surface area contributed by atoms with Crippen LogP contribution < -0.4 is 10.8 Å². The normalized spacial score (nSPS) is 9.55. The molecule has 11 heavy (non-hydrogen) atoms. The zero-order valence-electron chi connectivity index (χ0n) is 5.60. The summed E-state index contributed by atoms with van der Waals surface area (Å²) in [5.74, 6) is -0.758. The fraction of sp³-hybridized carbons (Fsp3) is 0. The summed E-state index contributed by atoms with van der Waals surface area (Å²) < 4.78 is 0. The summed E-state index contributed by atoms with van der Waals surface area (Å²) in [6, 6.07) is 4.35. The van der Waals surface area contributed by atoms with Crippen LogP contribution in [-0.2, 0) is 0 Å². The van der Waals surface area contributed by atoms with E-state index in [-0.39, 0.29) is 5.56 Å². The van der Waals surface area contributed by atoms with E-state index in [0.717, 1.165) is 0 Å². The number of benzene rings is 1. The van der Waals surface area contributed by atoms with Crippen LogP contribution in [0.5, 0.6) is 0 Å². The van der Waals surface area contributed by atoms with Crippen molar-refractivity contribution in [2.24, 2.45) is 0 Å². The van der Waals surface area contributed by atoms with Crippen LogP contribution in [0.1, 0.15) is 5.56 Å². The molecule has 0 amide bonds. The molecule has 0 atom stereocenters. The van der Waals surface area contributed by atoms with E-state index in [0.29, 0.717) is 10.7 Å². The van der Waals surface area contributed by atoms with Gasteiger partial charge in [-0.15, -0.1) is 0 Å². The molecule has 0 aliphatic heterocycles. The molecule has 0 bridgehead atoms. The number of nitrogens with one attached hydrogen (secondary N) is 1. The summed E-state index contributed by atoms with van der Waals surface area (Å²) in [6.45, 7) is 0. The van der Waals surface area contributed by atoms with E-state index in [9.17, 15) is 5.11 Å². The van der Waals surface area contributed by atoms with Crippen LogP contribution >= 0.6 is 11.6 Å². The first-order valence-electron chi connectivity index (χ1n) is 2.92. The van der Waals surface area contributed by atoms with Gasteiger partial charge in [0.1, 0.15) is 0 Å². The van der Waals surface area contributed by atoms with Crippen LogP contribution in [0.15, 0.2) is 18.2 Å². The highest BCUT2D eigenvalue weighted by atomic mass is 35.5. The highest BCUT2D eigenvalue weighted by Crippen LogP contribution is 2.18. The van der Waals surface area contributed by atoms with Gasteiger partial charge < -0.3 is 16.2 Å². The Morgan fingerprint density at radius 3 is 2.64 bits per heavy atom. The van der Waals surface area contributed by atoms with Gasteiger partial charge in [-0.2, -0.15) is 0 Å². The molecular formula is C7H6ClN2O-. The minimum Gasteiger partial charge on any atom is -0.859 e. The monoisotopic (exact) mass is 169 g/mol. The molecule has 1 rings (SSSR count). The van der Waals surface area contributed by atoms with Gasteiger partial charge in [0.25, 0.3) is 0 Å². The molecule has 0 aliphatic carbocycles. The standard InChI is InChI=1S/C7H7ClN2O/c8-5-3-4(7(10)11)1-2-6(5)9/h1-3H,9H2,(H2,10,11)/p-1. The predicted octanol–water partition coefficient (Wildman–Crippen LogP) is 0.608. The Kier molecular flexibility index (Phi) is 2.01. The third-order valence-electron chi connectivity index (χ3n) is 1.26. The number of halogens is 1. The zero-order valence-corrected chi connectivity index (χ0v) is 6.35. The van der Waals surface area contributed by atoms with Gasteiger partial charge in [0.2, 0.25) is 0 Å². The molecule has 0 fully saturated rings. The highest BCUT2D eigenvalue weighted by Gasteiger charge is 1.96. The van der Waals surface area contributed by atoms with Gasteiger partial charge in [0.15, 0.2) is 0 Å². The third kappa shape index (κ3) is 1.62. The average molecular weight is 170 g/mol. The van der Waals surface area contributed by atoms with E-state index in [2.05, 4.69) is 0 Å². The van der Waals surface area contributed by atoms with E-state index < -0.39 is 5.90 Å². The molecule has 0 saturated heterocycles. The molecule has 4 heteroatoms. The Hall–Kier alpha value is -1.22. The molecule has 0 saturated carbocycles.